The van der Waals surface area contributed by atoms with Crippen molar-refractivity contribution in [1.29, 1.82) is 0 Å². The Bertz CT molecular complexity index is 1050. The van der Waals surface area contributed by atoms with Crippen molar-refractivity contribution in [1.82, 2.24) is 10.6 Å². The summed E-state index contributed by atoms with van der Waals surface area (Å²) in [7, 11) is 0. The topological polar surface area (TPSA) is 88.7 Å². The molecule has 2 amide bonds. The molecule has 0 saturated heterocycles. The predicted octanol–water partition coefficient (Wildman–Crippen LogP) is 4.18. The first-order valence-electron chi connectivity index (χ1n) is 11.2. The van der Waals surface area contributed by atoms with Crippen molar-refractivity contribution in [2.75, 3.05) is 25.0 Å². The molecule has 7 nitrogen and oxygen atoms in total. The lowest BCUT2D eigenvalue weighted by Crippen LogP contribution is -2.45. The summed E-state index contributed by atoms with van der Waals surface area (Å²) < 4.78 is 24.7. The average molecular weight is 510 g/mol. The summed E-state index contributed by atoms with van der Waals surface area (Å²) in [6.07, 6.45) is 2.61. The van der Waals surface area contributed by atoms with E-state index in [4.69, 9.17) is 32.7 Å². The van der Waals surface area contributed by atoms with E-state index in [0.29, 0.717) is 43.8 Å². The molecule has 1 atom stereocenters. The molecule has 2 aromatic carbocycles. The molecule has 1 saturated carbocycles. The van der Waals surface area contributed by atoms with Crippen molar-refractivity contribution in [3.63, 3.8) is 0 Å². The van der Waals surface area contributed by atoms with Gasteiger partial charge < -0.3 is 25.4 Å². The Morgan fingerprint density at radius 3 is 2.68 bits per heavy atom. The van der Waals surface area contributed by atoms with Gasteiger partial charge in [-0.05, 0) is 56.0 Å². The van der Waals surface area contributed by atoms with Crippen molar-refractivity contribution < 1.29 is 23.5 Å². The summed E-state index contributed by atoms with van der Waals surface area (Å²) in [6.45, 7) is 0.774. The van der Waals surface area contributed by atoms with Gasteiger partial charge in [-0.1, -0.05) is 23.2 Å². The molecule has 182 valence electrons. The van der Waals surface area contributed by atoms with E-state index in [-0.39, 0.29) is 47.3 Å². The Labute approximate surface area is 207 Å². The lowest BCUT2D eigenvalue weighted by atomic mass is 9.85. The normalized spacial score (nSPS) is 21.4. The number of anilines is 1. The minimum atomic E-state index is -0.600. The molecular weight excluding hydrogens is 484 g/mol. The third kappa shape index (κ3) is 6.45. The molecule has 1 aliphatic carbocycles. The fourth-order valence-corrected chi connectivity index (χ4v) is 4.44. The maximum atomic E-state index is 13.5. The molecule has 0 bridgehead atoms. The molecule has 34 heavy (non-hydrogen) atoms. The highest BCUT2D eigenvalue weighted by Gasteiger charge is 2.28. The summed E-state index contributed by atoms with van der Waals surface area (Å²) in [5.41, 5.74) is 0.848. The molecule has 1 heterocycles. The van der Waals surface area contributed by atoms with E-state index in [1.54, 1.807) is 6.07 Å². The van der Waals surface area contributed by atoms with Gasteiger partial charge in [0, 0.05) is 23.0 Å². The molecule has 1 unspecified atom stereocenters. The van der Waals surface area contributed by atoms with Crippen LogP contribution < -0.4 is 25.4 Å². The first-order chi connectivity index (χ1) is 16.4. The third-order valence-corrected chi connectivity index (χ3v) is 6.53. The number of ether oxygens (including phenoxy) is 2. The SMILES string of the molecule is O=C(COc1ccc(Cl)c(F)c1)NC1CCC(C(=O)NCC2CNc3cc(Cl)ccc3O2)CC1. The molecule has 1 fully saturated rings. The van der Waals surface area contributed by atoms with Crippen molar-refractivity contribution >= 4 is 40.7 Å². The van der Waals surface area contributed by atoms with E-state index >= 15 is 0 Å². The summed E-state index contributed by atoms with van der Waals surface area (Å²) in [5, 5.41) is 9.81. The fraction of sp³-hybridized carbons (Fsp3) is 0.417. The maximum Gasteiger partial charge on any atom is 0.258 e. The zero-order valence-electron chi connectivity index (χ0n) is 18.4. The van der Waals surface area contributed by atoms with Crippen LogP contribution in [0.4, 0.5) is 10.1 Å². The number of nitrogens with one attached hydrogen (secondary N) is 3. The van der Waals surface area contributed by atoms with Crippen LogP contribution in [0.2, 0.25) is 10.0 Å². The van der Waals surface area contributed by atoms with Gasteiger partial charge in [-0.15, -0.1) is 0 Å². The second kappa shape index (κ2) is 11.1. The fourth-order valence-electron chi connectivity index (χ4n) is 4.15. The Morgan fingerprint density at radius 2 is 1.91 bits per heavy atom. The standard InChI is InChI=1S/C24H26Cl2FN3O4/c25-15-3-8-22-21(9-15)28-11-18(34-22)12-29-24(32)14-1-4-16(5-2-14)30-23(31)13-33-17-6-7-19(26)20(27)10-17/h3,6-10,14,16,18,28H,1-2,4-5,11-13H2,(H,29,32)(H,30,31). The van der Waals surface area contributed by atoms with E-state index in [9.17, 15) is 14.0 Å². The van der Waals surface area contributed by atoms with Gasteiger partial charge in [0.25, 0.3) is 5.91 Å². The summed E-state index contributed by atoms with van der Waals surface area (Å²) in [6, 6.07) is 9.40. The van der Waals surface area contributed by atoms with Crippen LogP contribution in [0.25, 0.3) is 0 Å². The highest BCUT2D eigenvalue weighted by molar-refractivity contribution is 6.31. The highest BCUT2D eigenvalue weighted by atomic mass is 35.5. The van der Waals surface area contributed by atoms with E-state index in [1.807, 2.05) is 12.1 Å². The van der Waals surface area contributed by atoms with Crippen LogP contribution >= 0.6 is 23.2 Å². The number of halogens is 3. The quantitative estimate of drug-likeness (QED) is 0.521. The Hall–Kier alpha value is -2.71. The van der Waals surface area contributed by atoms with E-state index in [1.165, 1.54) is 12.1 Å². The molecule has 2 aromatic rings. The van der Waals surface area contributed by atoms with Gasteiger partial charge >= 0.3 is 0 Å². The van der Waals surface area contributed by atoms with Crippen molar-refractivity contribution in [3.05, 3.63) is 52.3 Å². The van der Waals surface area contributed by atoms with Crippen LogP contribution in [-0.4, -0.2) is 43.7 Å². The third-order valence-electron chi connectivity index (χ3n) is 5.98. The Balaban J connectivity index is 1.14. The minimum Gasteiger partial charge on any atom is -0.485 e. The monoisotopic (exact) mass is 509 g/mol. The Morgan fingerprint density at radius 1 is 1.12 bits per heavy atom. The van der Waals surface area contributed by atoms with Crippen molar-refractivity contribution in [3.8, 4) is 11.5 Å². The first kappa shape index (κ1) is 24.4. The highest BCUT2D eigenvalue weighted by Crippen LogP contribution is 2.31. The number of hydrogen-bond acceptors (Lipinski definition) is 5. The number of fused-ring (bicyclic) bond motifs is 1. The van der Waals surface area contributed by atoms with Gasteiger partial charge in [-0.25, -0.2) is 4.39 Å². The smallest absolute Gasteiger partial charge is 0.258 e. The molecule has 0 spiro atoms. The predicted molar refractivity (Wildman–Crippen MR) is 128 cm³/mol. The van der Waals surface area contributed by atoms with Crippen LogP contribution in [0.15, 0.2) is 36.4 Å². The summed E-state index contributed by atoms with van der Waals surface area (Å²) in [5.74, 6) is -0.0188. The molecule has 10 heteroatoms. The van der Waals surface area contributed by atoms with Crippen LogP contribution in [0.1, 0.15) is 25.7 Å². The van der Waals surface area contributed by atoms with Gasteiger partial charge in [-0.2, -0.15) is 0 Å². The van der Waals surface area contributed by atoms with Crippen molar-refractivity contribution in [2.24, 2.45) is 5.92 Å². The van der Waals surface area contributed by atoms with Gasteiger partial charge in [0.15, 0.2) is 6.61 Å². The van der Waals surface area contributed by atoms with Crippen LogP contribution in [0.3, 0.4) is 0 Å². The largest absolute Gasteiger partial charge is 0.485 e. The summed E-state index contributed by atoms with van der Waals surface area (Å²) in [4.78, 5) is 24.8. The van der Waals surface area contributed by atoms with E-state index in [2.05, 4.69) is 16.0 Å². The second-order valence-electron chi connectivity index (χ2n) is 8.49. The number of amides is 2. The van der Waals surface area contributed by atoms with Crippen LogP contribution in [0, 0.1) is 11.7 Å². The molecule has 0 aromatic heterocycles. The van der Waals surface area contributed by atoms with E-state index < -0.39 is 5.82 Å². The molecule has 1 aliphatic heterocycles. The van der Waals surface area contributed by atoms with Gasteiger partial charge in [0.1, 0.15) is 23.4 Å². The number of carbonyl (C=O) groups is 2. The molecule has 0 radical (unpaired) electrons. The van der Waals surface area contributed by atoms with Crippen LogP contribution in [-0.2, 0) is 9.59 Å². The minimum absolute atomic E-state index is 0.00313. The second-order valence-corrected chi connectivity index (χ2v) is 9.33. The number of benzene rings is 2. The lowest BCUT2D eigenvalue weighted by Gasteiger charge is -2.30. The van der Waals surface area contributed by atoms with Gasteiger partial charge in [0.2, 0.25) is 5.91 Å². The number of hydrogen-bond donors (Lipinski definition) is 3. The maximum absolute atomic E-state index is 13.5. The zero-order valence-corrected chi connectivity index (χ0v) is 19.9. The zero-order chi connectivity index (χ0) is 24.1. The molecular formula is C24H26Cl2FN3O4. The number of rotatable bonds is 7. The molecule has 3 N–H and O–H groups in total. The Kier molecular flexibility index (Phi) is 8.00. The summed E-state index contributed by atoms with van der Waals surface area (Å²) >= 11 is 11.6. The first-order valence-corrected chi connectivity index (χ1v) is 12.0. The lowest BCUT2D eigenvalue weighted by molar-refractivity contribution is -0.126. The molecule has 2 aliphatic rings. The van der Waals surface area contributed by atoms with E-state index in [0.717, 1.165) is 17.5 Å². The number of carbonyl (C=O) groups excluding carboxylic acids is 2. The average Bonchev–Trinajstić information content (AvgIpc) is 2.83. The van der Waals surface area contributed by atoms with Gasteiger partial charge in [0.05, 0.1) is 23.8 Å². The van der Waals surface area contributed by atoms with Crippen LogP contribution in [0.5, 0.6) is 11.5 Å². The van der Waals surface area contributed by atoms with Crippen molar-refractivity contribution in [2.45, 2.75) is 37.8 Å². The van der Waals surface area contributed by atoms with Gasteiger partial charge in [-0.3, -0.25) is 9.59 Å². The molecule has 4 rings (SSSR count).